The van der Waals surface area contributed by atoms with Gasteiger partial charge in [0.1, 0.15) is 12.1 Å². The van der Waals surface area contributed by atoms with E-state index in [4.69, 9.17) is 11.8 Å². The number of benzene rings is 2. The Hall–Kier alpha value is -4.47. The highest BCUT2D eigenvalue weighted by atomic mass is 32.1. The van der Waals surface area contributed by atoms with Crippen molar-refractivity contribution in [2.45, 2.75) is 20.0 Å². The third kappa shape index (κ3) is 4.74. The summed E-state index contributed by atoms with van der Waals surface area (Å²) in [5.41, 5.74) is 3.84. The van der Waals surface area contributed by atoms with Crippen molar-refractivity contribution in [2.24, 2.45) is 0 Å². The first kappa shape index (κ1) is 21.8. The second-order valence-corrected chi connectivity index (χ2v) is 8.04. The fourth-order valence-corrected chi connectivity index (χ4v) is 4.12. The van der Waals surface area contributed by atoms with E-state index < -0.39 is 0 Å². The zero-order chi connectivity index (χ0) is 23.4. The molecule has 162 valence electrons. The molecule has 2 heterocycles. The molecule has 9 heteroatoms. The number of nitriles is 1. The number of aromatic nitrogens is 2. The van der Waals surface area contributed by atoms with Crippen molar-refractivity contribution in [3.05, 3.63) is 81.8 Å². The number of carbonyl (C=O) groups excluding carboxylic acids is 2. The molecule has 4 aromatic rings. The highest BCUT2D eigenvalue weighted by Crippen LogP contribution is 2.26. The van der Waals surface area contributed by atoms with Gasteiger partial charge in [-0.25, -0.2) is 0 Å². The molecular formula is C24H18N6O2S. The second-order valence-electron chi connectivity index (χ2n) is 7.26. The smallest absolute Gasteiger partial charge is 0.340 e. The predicted molar refractivity (Wildman–Crippen MR) is 127 cm³/mol. The average Bonchev–Trinajstić information content (AvgIpc) is 3.45. The van der Waals surface area contributed by atoms with Gasteiger partial charge in [0, 0.05) is 24.4 Å². The van der Waals surface area contributed by atoms with Gasteiger partial charge in [-0.3, -0.25) is 14.2 Å². The average molecular weight is 455 g/mol. The molecular weight excluding hydrogens is 436 g/mol. The summed E-state index contributed by atoms with van der Waals surface area (Å²) in [6, 6.07) is 16.0. The summed E-state index contributed by atoms with van der Waals surface area (Å²) in [5, 5.41) is 15.8. The SMILES string of the molecule is [C-]#[N+]c1nc2cc(C#N)ccc2n1CC(=O)N(Cc1ccsc1)c1ccc(NC(C)=O)cc1. The van der Waals surface area contributed by atoms with Crippen molar-refractivity contribution < 1.29 is 9.59 Å². The van der Waals surface area contributed by atoms with E-state index in [1.54, 1.807) is 63.3 Å². The Kier molecular flexibility index (Phi) is 6.16. The Morgan fingerprint density at radius 3 is 2.67 bits per heavy atom. The van der Waals surface area contributed by atoms with Gasteiger partial charge < -0.3 is 15.1 Å². The first-order valence-electron chi connectivity index (χ1n) is 9.95. The molecule has 0 radical (unpaired) electrons. The van der Waals surface area contributed by atoms with Crippen molar-refractivity contribution in [3.8, 4) is 6.07 Å². The van der Waals surface area contributed by atoms with E-state index in [0.717, 1.165) is 5.56 Å². The summed E-state index contributed by atoms with van der Waals surface area (Å²) in [5.74, 6) is -0.306. The van der Waals surface area contributed by atoms with Crippen LogP contribution in [0.1, 0.15) is 18.1 Å². The number of hydrogen-bond donors (Lipinski definition) is 1. The van der Waals surface area contributed by atoms with E-state index >= 15 is 0 Å². The molecule has 2 aromatic heterocycles. The maximum absolute atomic E-state index is 13.5. The highest BCUT2D eigenvalue weighted by Gasteiger charge is 2.22. The van der Waals surface area contributed by atoms with Gasteiger partial charge in [0.2, 0.25) is 5.91 Å². The first-order valence-corrected chi connectivity index (χ1v) is 10.9. The Balaban J connectivity index is 1.68. The van der Waals surface area contributed by atoms with E-state index in [1.807, 2.05) is 16.8 Å². The molecule has 0 bridgehead atoms. The normalized spacial score (nSPS) is 10.4. The number of nitrogens with zero attached hydrogens (tertiary/aromatic N) is 5. The van der Waals surface area contributed by atoms with E-state index in [-0.39, 0.29) is 24.3 Å². The maximum atomic E-state index is 13.5. The molecule has 2 aromatic carbocycles. The molecule has 0 aliphatic heterocycles. The van der Waals surface area contributed by atoms with E-state index in [1.165, 1.54) is 6.92 Å². The summed E-state index contributed by atoms with van der Waals surface area (Å²) in [7, 11) is 0. The van der Waals surface area contributed by atoms with Crippen LogP contribution in [0.3, 0.4) is 0 Å². The van der Waals surface area contributed by atoms with Crippen LogP contribution in [0.15, 0.2) is 59.3 Å². The summed E-state index contributed by atoms with van der Waals surface area (Å²) < 4.78 is 1.57. The molecule has 8 nitrogen and oxygen atoms in total. The van der Waals surface area contributed by atoms with Crippen LogP contribution >= 0.6 is 11.3 Å². The lowest BCUT2D eigenvalue weighted by atomic mass is 10.2. The fourth-order valence-electron chi connectivity index (χ4n) is 3.47. The molecule has 33 heavy (non-hydrogen) atoms. The number of nitrogens with one attached hydrogen (secondary N) is 1. The van der Waals surface area contributed by atoms with Gasteiger partial charge in [-0.05, 0) is 58.8 Å². The Morgan fingerprint density at radius 1 is 1.24 bits per heavy atom. The van der Waals surface area contributed by atoms with E-state index in [9.17, 15) is 9.59 Å². The van der Waals surface area contributed by atoms with Crippen molar-refractivity contribution in [3.63, 3.8) is 0 Å². The zero-order valence-corrected chi connectivity index (χ0v) is 18.5. The van der Waals surface area contributed by atoms with Crippen molar-refractivity contribution >= 4 is 51.5 Å². The molecule has 0 aliphatic carbocycles. The molecule has 0 atom stereocenters. The van der Waals surface area contributed by atoms with Crippen LogP contribution in [0, 0.1) is 17.9 Å². The summed E-state index contributed by atoms with van der Waals surface area (Å²) in [4.78, 5) is 34.2. The van der Waals surface area contributed by atoms with Crippen LogP contribution in [0.5, 0.6) is 0 Å². The van der Waals surface area contributed by atoms with Crippen molar-refractivity contribution in [1.29, 1.82) is 5.26 Å². The number of hydrogen-bond acceptors (Lipinski definition) is 5. The maximum Gasteiger partial charge on any atom is 0.340 e. The number of thiophene rings is 1. The van der Waals surface area contributed by atoms with Crippen LogP contribution in [-0.2, 0) is 22.7 Å². The van der Waals surface area contributed by atoms with Gasteiger partial charge in [-0.15, -0.1) is 11.6 Å². The lowest BCUT2D eigenvalue weighted by Crippen LogP contribution is -2.33. The van der Waals surface area contributed by atoms with Gasteiger partial charge in [-0.2, -0.15) is 16.6 Å². The third-order valence-electron chi connectivity index (χ3n) is 4.97. The standard InChI is InChI=1S/C24H18N6O2S/c1-16(31)27-19-4-6-20(7-5-19)29(13-18-9-10-33-15-18)23(32)14-30-22-8-3-17(12-25)11-21(22)28-24(30)26-2/h3-11,15H,13-14H2,1H3,(H,27,31). The minimum absolute atomic E-state index is 0.0856. The zero-order valence-electron chi connectivity index (χ0n) is 17.6. The second kappa shape index (κ2) is 9.35. The molecule has 0 fully saturated rings. The number of carbonyl (C=O) groups is 2. The van der Waals surface area contributed by atoms with Crippen LogP contribution < -0.4 is 10.2 Å². The van der Waals surface area contributed by atoms with Crippen LogP contribution in [0.2, 0.25) is 0 Å². The molecule has 0 aliphatic rings. The first-order chi connectivity index (χ1) is 16.0. The Morgan fingerprint density at radius 2 is 2.03 bits per heavy atom. The molecule has 4 rings (SSSR count). The molecule has 0 saturated heterocycles. The minimum Gasteiger partial charge on any atom is -0.396 e. The van der Waals surface area contributed by atoms with Gasteiger partial charge in [0.05, 0.1) is 18.2 Å². The molecule has 1 N–H and O–H groups in total. The molecule has 2 amide bonds. The number of imidazole rings is 1. The number of anilines is 2. The molecule has 0 saturated carbocycles. The summed E-state index contributed by atoms with van der Waals surface area (Å²) in [6.07, 6.45) is 0. The molecule has 0 unspecified atom stereocenters. The fraction of sp³-hybridized carbons (Fsp3) is 0.125. The lowest BCUT2D eigenvalue weighted by molar-refractivity contribution is -0.119. The minimum atomic E-state index is -0.220. The topological polar surface area (TPSA) is 95.4 Å². The third-order valence-corrected chi connectivity index (χ3v) is 5.70. The van der Waals surface area contributed by atoms with Gasteiger partial charge in [0.25, 0.3) is 5.91 Å². The van der Waals surface area contributed by atoms with Gasteiger partial charge in [-0.1, -0.05) is 0 Å². The van der Waals surface area contributed by atoms with E-state index in [2.05, 4.69) is 21.2 Å². The Bertz CT molecular complexity index is 1410. The summed E-state index contributed by atoms with van der Waals surface area (Å²) >= 11 is 1.55. The van der Waals surface area contributed by atoms with Gasteiger partial charge >= 0.3 is 5.95 Å². The number of rotatable bonds is 6. The van der Waals surface area contributed by atoms with Crippen molar-refractivity contribution in [1.82, 2.24) is 9.55 Å². The largest absolute Gasteiger partial charge is 0.396 e. The predicted octanol–water partition coefficient (Wildman–Crippen LogP) is 4.71. The monoisotopic (exact) mass is 454 g/mol. The van der Waals surface area contributed by atoms with Crippen LogP contribution in [-0.4, -0.2) is 21.4 Å². The van der Waals surface area contributed by atoms with Crippen LogP contribution in [0.25, 0.3) is 15.9 Å². The van der Waals surface area contributed by atoms with E-state index in [0.29, 0.717) is 34.5 Å². The van der Waals surface area contributed by atoms with Gasteiger partial charge in [0.15, 0.2) is 5.52 Å². The quantitative estimate of drug-likeness (QED) is 0.427. The Labute approximate surface area is 194 Å². The number of amides is 2. The molecule has 0 spiro atoms. The summed E-state index contributed by atoms with van der Waals surface area (Å²) in [6.45, 7) is 9.20. The number of fused-ring (bicyclic) bond motifs is 1. The highest BCUT2D eigenvalue weighted by molar-refractivity contribution is 7.07. The lowest BCUT2D eigenvalue weighted by Gasteiger charge is -2.23. The van der Waals surface area contributed by atoms with Crippen LogP contribution in [0.4, 0.5) is 17.3 Å². The van der Waals surface area contributed by atoms with Crippen molar-refractivity contribution in [2.75, 3.05) is 10.2 Å².